The first kappa shape index (κ1) is 18.2. The van der Waals surface area contributed by atoms with Gasteiger partial charge in [0.15, 0.2) is 0 Å². The zero-order valence-corrected chi connectivity index (χ0v) is 14.6. The predicted molar refractivity (Wildman–Crippen MR) is 98.1 cm³/mol. The van der Waals surface area contributed by atoms with Crippen molar-refractivity contribution >= 4 is 5.91 Å². The van der Waals surface area contributed by atoms with Crippen molar-refractivity contribution in [3.8, 4) is 0 Å². The molecule has 0 heterocycles. The monoisotopic (exact) mass is 325 g/mol. The molecule has 2 rings (SSSR count). The minimum Gasteiger partial charge on any atom is -0.395 e. The second-order valence-corrected chi connectivity index (χ2v) is 6.55. The summed E-state index contributed by atoms with van der Waals surface area (Å²) in [6.07, 6.45) is 1.81. The standard InChI is InChI=1S/C21H27NO2/c1-17(2)16-19-8-10-20(11-9-19)21(24)22(14-15-23)13-12-18-6-4-3-5-7-18/h3-11,17,23H,12-16H2,1-2H3. The fourth-order valence-electron chi connectivity index (χ4n) is 2.78. The molecular formula is C21H27NO2. The molecule has 2 aromatic rings. The number of carbonyl (C=O) groups excluding carboxylic acids is 1. The number of amides is 1. The van der Waals surface area contributed by atoms with E-state index in [0.29, 0.717) is 24.6 Å². The van der Waals surface area contributed by atoms with E-state index in [1.54, 1.807) is 4.90 Å². The highest BCUT2D eigenvalue weighted by Gasteiger charge is 2.15. The molecule has 3 heteroatoms. The van der Waals surface area contributed by atoms with Crippen molar-refractivity contribution in [3.63, 3.8) is 0 Å². The molecular weight excluding hydrogens is 298 g/mol. The van der Waals surface area contributed by atoms with Gasteiger partial charge in [-0.1, -0.05) is 56.3 Å². The third-order valence-electron chi connectivity index (χ3n) is 4.02. The highest BCUT2D eigenvalue weighted by atomic mass is 16.3. The van der Waals surface area contributed by atoms with E-state index < -0.39 is 0 Å². The molecule has 0 atom stereocenters. The van der Waals surface area contributed by atoms with E-state index >= 15 is 0 Å². The molecule has 0 fully saturated rings. The molecule has 0 saturated heterocycles. The van der Waals surface area contributed by atoms with Crippen molar-refractivity contribution in [3.05, 3.63) is 71.3 Å². The summed E-state index contributed by atoms with van der Waals surface area (Å²) in [5.41, 5.74) is 3.13. The van der Waals surface area contributed by atoms with Crippen molar-refractivity contribution < 1.29 is 9.90 Å². The number of carbonyl (C=O) groups is 1. The summed E-state index contributed by atoms with van der Waals surface area (Å²) in [4.78, 5) is 14.4. The first-order valence-electron chi connectivity index (χ1n) is 8.63. The van der Waals surface area contributed by atoms with Crippen molar-refractivity contribution in [1.29, 1.82) is 0 Å². The second-order valence-electron chi connectivity index (χ2n) is 6.55. The number of aliphatic hydroxyl groups excluding tert-OH is 1. The normalized spacial score (nSPS) is 10.8. The van der Waals surface area contributed by atoms with Gasteiger partial charge in [-0.3, -0.25) is 4.79 Å². The maximum absolute atomic E-state index is 12.7. The number of rotatable bonds is 8. The van der Waals surface area contributed by atoms with Gasteiger partial charge < -0.3 is 10.0 Å². The molecule has 0 aliphatic carbocycles. The number of benzene rings is 2. The minimum atomic E-state index is -0.0219. The van der Waals surface area contributed by atoms with Gasteiger partial charge in [-0.25, -0.2) is 0 Å². The maximum atomic E-state index is 12.7. The topological polar surface area (TPSA) is 40.5 Å². The van der Waals surface area contributed by atoms with Crippen LogP contribution in [0.2, 0.25) is 0 Å². The van der Waals surface area contributed by atoms with E-state index in [4.69, 9.17) is 0 Å². The Morgan fingerprint density at radius 1 is 0.958 bits per heavy atom. The highest BCUT2D eigenvalue weighted by Crippen LogP contribution is 2.12. The van der Waals surface area contributed by atoms with Crippen LogP contribution in [0.3, 0.4) is 0 Å². The highest BCUT2D eigenvalue weighted by molar-refractivity contribution is 5.94. The molecule has 1 N–H and O–H groups in total. The lowest BCUT2D eigenvalue weighted by atomic mass is 10.0. The molecule has 0 aliphatic rings. The Labute approximate surface area is 144 Å². The molecule has 24 heavy (non-hydrogen) atoms. The predicted octanol–water partition coefficient (Wildman–Crippen LogP) is 3.56. The molecule has 0 spiro atoms. The molecule has 0 unspecified atom stereocenters. The van der Waals surface area contributed by atoms with Crippen molar-refractivity contribution in [2.24, 2.45) is 5.92 Å². The van der Waals surface area contributed by atoms with Gasteiger partial charge in [-0.2, -0.15) is 0 Å². The van der Waals surface area contributed by atoms with Gasteiger partial charge in [0.2, 0.25) is 0 Å². The average Bonchev–Trinajstić information content (AvgIpc) is 2.59. The lowest BCUT2D eigenvalue weighted by molar-refractivity contribution is 0.0724. The Balaban J connectivity index is 2.02. The van der Waals surface area contributed by atoms with Gasteiger partial charge in [-0.15, -0.1) is 0 Å². The smallest absolute Gasteiger partial charge is 0.253 e. The summed E-state index contributed by atoms with van der Waals surface area (Å²) < 4.78 is 0. The maximum Gasteiger partial charge on any atom is 0.253 e. The van der Waals surface area contributed by atoms with Gasteiger partial charge in [0.05, 0.1) is 6.61 Å². The Morgan fingerprint density at radius 3 is 2.21 bits per heavy atom. The van der Waals surface area contributed by atoms with Gasteiger partial charge in [0.1, 0.15) is 0 Å². The van der Waals surface area contributed by atoms with Crippen LogP contribution < -0.4 is 0 Å². The van der Waals surface area contributed by atoms with Crippen LogP contribution >= 0.6 is 0 Å². The van der Waals surface area contributed by atoms with Crippen LogP contribution in [-0.4, -0.2) is 35.6 Å². The van der Waals surface area contributed by atoms with Crippen LogP contribution in [0.15, 0.2) is 54.6 Å². The van der Waals surface area contributed by atoms with Gasteiger partial charge in [0, 0.05) is 18.7 Å². The number of aliphatic hydroxyl groups is 1. The Morgan fingerprint density at radius 2 is 1.62 bits per heavy atom. The Bertz CT molecular complexity index is 620. The fraction of sp³-hybridized carbons (Fsp3) is 0.381. The van der Waals surface area contributed by atoms with E-state index in [1.165, 1.54) is 11.1 Å². The second kappa shape index (κ2) is 9.24. The molecule has 0 saturated carbocycles. The molecule has 3 nitrogen and oxygen atoms in total. The molecule has 0 radical (unpaired) electrons. The third kappa shape index (κ3) is 5.50. The Kier molecular flexibility index (Phi) is 7.01. The van der Waals surface area contributed by atoms with Gasteiger partial charge >= 0.3 is 0 Å². The summed E-state index contributed by atoms with van der Waals surface area (Å²) in [6, 6.07) is 18.0. The van der Waals surface area contributed by atoms with Crippen LogP contribution in [0.25, 0.3) is 0 Å². The molecule has 0 aromatic heterocycles. The van der Waals surface area contributed by atoms with E-state index in [-0.39, 0.29) is 12.5 Å². The van der Waals surface area contributed by atoms with Crippen LogP contribution in [0.1, 0.15) is 35.3 Å². The van der Waals surface area contributed by atoms with Crippen molar-refractivity contribution in [2.45, 2.75) is 26.7 Å². The summed E-state index contributed by atoms with van der Waals surface area (Å²) in [5, 5.41) is 9.28. The number of hydrogen-bond donors (Lipinski definition) is 1. The largest absolute Gasteiger partial charge is 0.395 e. The summed E-state index contributed by atoms with van der Waals surface area (Å²) in [6.45, 7) is 5.32. The fourth-order valence-corrected chi connectivity index (χ4v) is 2.78. The van der Waals surface area contributed by atoms with Crippen LogP contribution in [0.5, 0.6) is 0 Å². The zero-order valence-electron chi connectivity index (χ0n) is 14.6. The van der Waals surface area contributed by atoms with E-state index in [2.05, 4.69) is 26.0 Å². The van der Waals surface area contributed by atoms with Crippen LogP contribution in [0.4, 0.5) is 0 Å². The zero-order chi connectivity index (χ0) is 17.4. The average molecular weight is 325 g/mol. The van der Waals surface area contributed by atoms with Gasteiger partial charge in [-0.05, 0) is 42.0 Å². The molecule has 0 bridgehead atoms. The minimum absolute atomic E-state index is 0.0175. The number of nitrogens with zero attached hydrogens (tertiary/aromatic N) is 1. The van der Waals surface area contributed by atoms with E-state index in [9.17, 15) is 9.90 Å². The summed E-state index contributed by atoms with van der Waals surface area (Å²) in [5.74, 6) is 0.583. The third-order valence-corrected chi connectivity index (χ3v) is 4.02. The quantitative estimate of drug-likeness (QED) is 0.806. The SMILES string of the molecule is CC(C)Cc1ccc(C(=O)N(CCO)CCc2ccccc2)cc1. The summed E-state index contributed by atoms with van der Waals surface area (Å²) in [7, 11) is 0. The number of hydrogen-bond acceptors (Lipinski definition) is 2. The first-order chi connectivity index (χ1) is 11.6. The van der Waals surface area contributed by atoms with E-state index in [0.717, 1.165) is 12.8 Å². The van der Waals surface area contributed by atoms with Crippen molar-refractivity contribution in [1.82, 2.24) is 4.90 Å². The van der Waals surface area contributed by atoms with Crippen LogP contribution in [-0.2, 0) is 12.8 Å². The van der Waals surface area contributed by atoms with Crippen molar-refractivity contribution in [2.75, 3.05) is 19.7 Å². The Hall–Kier alpha value is -2.13. The molecule has 1 amide bonds. The lowest BCUT2D eigenvalue weighted by Gasteiger charge is -2.22. The van der Waals surface area contributed by atoms with Crippen LogP contribution in [0, 0.1) is 5.92 Å². The van der Waals surface area contributed by atoms with E-state index in [1.807, 2.05) is 42.5 Å². The van der Waals surface area contributed by atoms with Gasteiger partial charge in [0.25, 0.3) is 5.91 Å². The molecule has 0 aliphatic heterocycles. The summed E-state index contributed by atoms with van der Waals surface area (Å²) >= 11 is 0. The first-order valence-corrected chi connectivity index (χ1v) is 8.63. The molecule has 128 valence electrons. The lowest BCUT2D eigenvalue weighted by Crippen LogP contribution is -2.35. The molecule has 2 aromatic carbocycles.